The second-order valence-electron chi connectivity index (χ2n) is 7.03. The molecule has 0 bridgehead atoms. The molecule has 0 aromatic carbocycles. The second kappa shape index (κ2) is 6.97. The van der Waals surface area contributed by atoms with E-state index in [0.717, 1.165) is 24.6 Å². The van der Waals surface area contributed by atoms with Gasteiger partial charge < -0.3 is 9.73 Å². The maximum atomic E-state index is 5.89. The van der Waals surface area contributed by atoms with Crippen LogP contribution in [0.5, 0.6) is 0 Å². The Hall–Kier alpha value is -0.800. The molecule has 1 aliphatic rings. The Kier molecular flexibility index (Phi) is 5.50. The van der Waals surface area contributed by atoms with Crippen LogP contribution in [0.25, 0.3) is 0 Å². The van der Waals surface area contributed by atoms with Crippen LogP contribution in [-0.4, -0.2) is 30.1 Å². The minimum Gasteiger partial charge on any atom is -0.465 e. The van der Waals surface area contributed by atoms with Crippen molar-refractivity contribution < 1.29 is 4.42 Å². The van der Waals surface area contributed by atoms with E-state index in [0.29, 0.717) is 30.0 Å². The average Bonchev–Trinajstić information content (AvgIpc) is 2.91. The minimum atomic E-state index is 0.347. The highest BCUT2D eigenvalue weighted by Crippen LogP contribution is 2.30. The molecule has 1 aromatic heterocycles. The van der Waals surface area contributed by atoms with Crippen LogP contribution in [0.4, 0.5) is 0 Å². The molecule has 1 fully saturated rings. The smallest absolute Gasteiger partial charge is 0.121 e. The molecule has 0 spiro atoms. The summed E-state index contributed by atoms with van der Waals surface area (Å²) in [6, 6.07) is 5.72. The van der Waals surface area contributed by atoms with E-state index in [4.69, 9.17) is 4.42 Å². The summed E-state index contributed by atoms with van der Waals surface area (Å²) in [6.45, 7) is 15.8. The number of piperazine rings is 1. The summed E-state index contributed by atoms with van der Waals surface area (Å²) in [5.74, 6) is 3.47. The topological polar surface area (TPSA) is 28.4 Å². The molecule has 4 unspecified atom stereocenters. The van der Waals surface area contributed by atoms with E-state index in [9.17, 15) is 0 Å². The minimum absolute atomic E-state index is 0.347. The van der Waals surface area contributed by atoms with Gasteiger partial charge in [0.25, 0.3) is 0 Å². The van der Waals surface area contributed by atoms with Gasteiger partial charge in [0, 0.05) is 25.2 Å². The summed E-state index contributed by atoms with van der Waals surface area (Å²) < 4.78 is 5.89. The van der Waals surface area contributed by atoms with E-state index in [1.54, 1.807) is 0 Å². The third-order valence-corrected chi connectivity index (χ3v) is 5.19. The van der Waals surface area contributed by atoms with Crippen LogP contribution in [0.15, 0.2) is 16.5 Å². The van der Waals surface area contributed by atoms with Crippen LogP contribution in [0.3, 0.4) is 0 Å². The molecule has 2 rings (SSSR count). The van der Waals surface area contributed by atoms with Crippen molar-refractivity contribution in [1.29, 1.82) is 0 Å². The van der Waals surface area contributed by atoms with Crippen molar-refractivity contribution in [1.82, 2.24) is 10.2 Å². The number of hydrogen-bond donors (Lipinski definition) is 1. The zero-order chi connectivity index (χ0) is 15.6. The summed E-state index contributed by atoms with van der Waals surface area (Å²) >= 11 is 0. The van der Waals surface area contributed by atoms with E-state index in [1.165, 1.54) is 6.42 Å². The SMILES string of the molecule is CCC(C)C1CN(C(C)c2ccc(C)o2)C(C(C)C)CN1. The summed E-state index contributed by atoms with van der Waals surface area (Å²) in [5.41, 5.74) is 0. The van der Waals surface area contributed by atoms with E-state index >= 15 is 0 Å². The Labute approximate surface area is 130 Å². The summed E-state index contributed by atoms with van der Waals surface area (Å²) in [6.07, 6.45) is 1.23. The fraction of sp³-hybridized carbons (Fsp3) is 0.778. The third kappa shape index (κ3) is 3.70. The van der Waals surface area contributed by atoms with Gasteiger partial charge in [-0.2, -0.15) is 0 Å². The number of hydrogen-bond acceptors (Lipinski definition) is 3. The van der Waals surface area contributed by atoms with Crippen LogP contribution >= 0.6 is 0 Å². The molecule has 0 aliphatic carbocycles. The average molecular weight is 292 g/mol. The number of aryl methyl sites for hydroxylation is 1. The highest BCUT2D eigenvalue weighted by atomic mass is 16.3. The van der Waals surface area contributed by atoms with E-state index in [1.807, 2.05) is 6.92 Å². The van der Waals surface area contributed by atoms with Crippen LogP contribution in [-0.2, 0) is 0 Å². The molecular formula is C18H32N2O. The predicted molar refractivity (Wildman–Crippen MR) is 88.4 cm³/mol. The molecule has 0 saturated carbocycles. The lowest BCUT2D eigenvalue weighted by Gasteiger charge is -2.46. The fourth-order valence-corrected chi connectivity index (χ4v) is 3.39. The Morgan fingerprint density at radius 1 is 1.29 bits per heavy atom. The summed E-state index contributed by atoms with van der Waals surface area (Å²) in [4.78, 5) is 2.65. The van der Waals surface area contributed by atoms with Gasteiger partial charge in [0.1, 0.15) is 11.5 Å². The van der Waals surface area contributed by atoms with Crippen molar-refractivity contribution in [3.63, 3.8) is 0 Å². The monoisotopic (exact) mass is 292 g/mol. The first kappa shape index (κ1) is 16.6. The van der Waals surface area contributed by atoms with E-state index in [2.05, 4.69) is 57.0 Å². The largest absolute Gasteiger partial charge is 0.465 e. The van der Waals surface area contributed by atoms with Crippen molar-refractivity contribution in [3.05, 3.63) is 23.7 Å². The second-order valence-corrected chi connectivity index (χ2v) is 7.03. The molecule has 0 amide bonds. The predicted octanol–water partition coefficient (Wildman–Crippen LogP) is 3.99. The molecule has 21 heavy (non-hydrogen) atoms. The van der Waals surface area contributed by atoms with Crippen LogP contribution in [0.1, 0.15) is 58.6 Å². The Bertz CT molecular complexity index is 440. The molecule has 3 heteroatoms. The maximum absolute atomic E-state index is 5.89. The number of nitrogens with one attached hydrogen (secondary N) is 1. The lowest BCUT2D eigenvalue weighted by molar-refractivity contribution is 0.0408. The molecule has 1 aliphatic heterocycles. The molecular weight excluding hydrogens is 260 g/mol. The first-order valence-electron chi connectivity index (χ1n) is 8.49. The third-order valence-electron chi connectivity index (χ3n) is 5.19. The highest BCUT2D eigenvalue weighted by molar-refractivity contribution is 5.10. The van der Waals surface area contributed by atoms with Crippen LogP contribution in [0.2, 0.25) is 0 Å². The molecule has 1 aromatic rings. The normalized spacial score (nSPS) is 27.0. The van der Waals surface area contributed by atoms with Crippen LogP contribution in [0, 0.1) is 18.8 Å². The van der Waals surface area contributed by atoms with E-state index in [-0.39, 0.29) is 0 Å². The lowest BCUT2D eigenvalue weighted by atomic mass is 9.90. The van der Waals surface area contributed by atoms with Gasteiger partial charge in [-0.3, -0.25) is 4.90 Å². The zero-order valence-corrected chi connectivity index (χ0v) is 14.5. The number of nitrogens with zero attached hydrogens (tertiary/aromatic N) is 1. The van der Waals surface area contributed by atoms with Crippen molar-refractivity contribution in [2.75, 3.05) is 13.1 Å². The van der Waals surface area contributed by atoms with Gasteiger partial charge in [-0.05, 0) is 37.8 Å². The van der Waals surface area contributed by atoms with E-state index < -0.39 is 0 Å². The van der Waals surface area contributed by atoms with Gasteiger partial charge in [-0.15, -0.1) is 0 Å². The van der Waals surface area contributed by atoms with Gasteiger partial charge >= 0.3 is 0 Å². The van der Waals surface area contributed by atoms with Crippen LogP contribution < -0.4 is 5.32 Å². The molecule has 2 heterocycles. The summed E-state index contributed by atoms with van der Waals surface area (Å²) in [7, 11) is 0. The molecule has 0 radical (unpaired) electrons. The quantitative estimate of drug-likeness (QED) is 0.889. The van der Waals surface area contributed by atoms with Gasteiger partial charge in [0.15, 0.2) is 0 Å². The van der Waals surface area contributed by atoms with Crippen molar-refractivity contribution in [2.45, 2.75) is 66.1 Å². The molecule has 1 N–H and O–H groups in total. The van der Waals surface area contributed by atoms with Gasteiger partial charge in [0.05, 0.1) is 6.04 Å². The Morgan fingerprint density at radius 3 is 2.52 bits per heavy atom. The van der Waals surface area contributed by atoms with Gasteiger partial charge in [-0.25, -0.2) is 0 Å². The molecule has 120 valence electrons. The lowest BCUT2D eigenvalue weighted by Crippen LogP contribution is -2.60. The van der Waals surface area contributed by atoms with Gasteiger partial charge in [-0.1, -0.05) is 34.1 Å². The van der Waals surface area contributed by atoms with Gasteiger partial charge in [0.2, 0.25) is 0 Å². The fourth-order valence-electron chi connectivity index (χ4n) is 3.39. The summed E-state index contributed by atoms with van der Waals surface area (Å²) in [5, 5.41) is 3.77. The molecule has 4 atom stereocenters. The first-order chi connectivity index (χ1) is 9.93. The maximum Gasteiger partial charge on any atom is 0.121 e. The molecule has 1 saturated heterocycles. The molecule has 3 nitrogen and oxygen atoms in total. The Balaban J connectivity index is 2.17. The standard InChI is InChI=1S/C18H32N2O/c1-7-13(4)16-11-20(17(10-19-16)12(2)3)15(6)18-9-8-14(5)21-18/h8-9,12-13,15-17,19H,7,10-11H2,1-6H3. The Morgan fingerprint density at radius 2 is 2.00 bits per heavy atom. The highest BCUT2D eigenvalue weighted by Gasteiger charge is 2.35. The van der Waals surface area contributed by atoms with Crippen molar-refractivity contribution in [2.24, 2.45) is 11.8 Å². The van der Waals surface area contributed by atoms with Crippen molar-refractivity contribution in [3.8, 4) is 0 Å². The van der Waals surface area contributed by atoms with Crippen molar-refractivity contribution >= 4 is 0 Å². The number of furan rings is 1. The first-order valence-corrected chi connectivity index (χ1v) is 8.49. The number of rotatable bonds is 5. The zero-order valence-electron chi connectivity index (χ0n) is 14.5.